The largest absolute Gasteiger partial charge is 0.487 e. The number of anilines is 1. The number of ether oxygens (including phenoxy) is 1. The topological polar surface area (TPSA) is 64.4 Å². The van der Waals surface area contributed by atoms with Crippen molar-refractivity contribution >= 4 is 15.7 Å². The summed E-state index contributed by atoms with van der Waals surface area (Å²) >= 11 is 0. The maximum absolute atomic E-state index is 13.5. The molecule has 1 aromatic heterocycles. The minimum atomic E-state index is -3.71. The van der Waals surface area contributed by atoms with Gasteiger partial charge < -0.3 is 4.74 Å². The number of nitrogens with zero attached hydrogens (tertiary/aromatic N) is 3. The monoisotopic (exact) mass is 441 g/mol. The van der Waals surface area contributed by atoms with E-state index >= 15 is 0 Å². The van der Waals surface area contributed by atoms with Gasteiger partial charge in [-0.3, -0.25) is 8.99 Å². The lowest BCUT2D eigenvalue weighted by atomic mass is 10.1. The molecule has 0 amide bonds. The first-order valence-electron chi connectivity index (χ1n) is 10.4. The van der Waals surface area contributed by atoms with Crippen LogP contribution >= 0.6 is 0 Å². The van der Waals surface area contributed by atoms with Crippen molar-refractivity contribution in [1.82, 2.24) is 9.78 Å². The zero-order valence-corrected chi connectivity index (χ0v) is 19.9. The smallest absolute Gasteiger partial charge is 0.264 e. The maximum Gasteiger partial charge on any atom is 0.264 e. The Morgan fingerprint density at radius 3 is 2.26 bits per heavy atom. The van der Waals surface area contributed by atoms with E-state index < -0.39 is 10.0 Å². The highest BCUT2D eigenvalue weighted by Crippen LogP contribution is 2.29. The number of hydrogen-bond acceptors (Lipinski definition) is 4. The second-order valence-electron chi connectivity index (χ2n) is 8.38. The highest BCUT2D eigenvalue weighted by atomic mass is 32.2. The van der Waals surface area contributed by atoms with Gasteiger partial charge in [-0.2, -0.15) is 5.10 Å². The number of benzene rings is 2. The summed E-state index contributed by atoms with van der Waals surface area (Å²) in [6, 6.07) is 14.4. The third-order valence-corrected chi connectivity index (χ3v) is 6.84. The lowest BCUT2D eigenvalue weighted by Crippen LogP contribution is -2.34. The van der Waals surface area contributed by atoms with Crippen LogP contribution in [0.4, 0.5) is 5.69 Å². The van der Waals surface area contributed by atoms with Crippen LogP contribution in [0, 0.1) is 26.7 Å². The van der Waals surface area contributed by atoms with Crippen LogP contribution < -0.4 is 9.04 Å². The molecule has 0 aliphatic rings. The van der Waals surface area contributed by atoms with Gasteiger partial charge >= 0.3 is 0 Å². The van der Waals surface area contributed by atoms with Crippen LogP contribution in [0.25, 0.3) is 0 Å². The molecule has 0 saturated carbocycles. The molecule has 6 nitrogen and oxygen atoms in total. The van der Waals surface area contributed by atoms with E-state index in [0.717, 1.165) is 22.5 Å². The molecule has 1 heterocycles. The minimum absolute atomic E-state index is 0.181. The summed E-state index contributed by atoms with van der Waals surface area (Å²) in [6.07, 6.45) is 0. The standard InChI is InChI=1S/C24H31N3O3S/c1-17(2)15-27(24-12-7-18(3)13-19(24)4)31(28,29)23-10-8-22(9-11-23)30-16-21-14-20(5)25-26(21)6/h7-14,17H,15-16H2,1-6H3. The zero-order valence-electron chi connectivity index (χ0n) is 19.1. The van der Waals surface area contributed by atoms with Gasteiger partial charge in [0.05, 0.1) is 22.0 Å². The van der Waals surface area contributed by atoms with Gasteiger partial charge in [-0.1, -0.05) is 31.5 Å². The normalized spacial score (nSPS) is 11.7. The molecule has 0 N–H and O–H groups in total. The highest BCUT2D eigenvalue weighted by molar-refractivity contribution is 7.92. The van der Waals surface area contributed by atoms with Crippen LogP contribution in [-0.4, -0.2) is 24.7 Å². The van der Waals surface area contributed by atoms with Gasteiger partial charge in [0, 0.05) is 13.6 Å². The van der Waals surface area contributed by atoms with Gasteiger partial charge in [-0.25, -0.2) is 8.42 Å². The SMILES string of the molecule is Cc1ccc(N(CC(C)C)S(=O)(=O)c2ccc(OCc3cc(C)nn3C)cc2)c(C)c1. The average molecular weight is 442 g/mol. The molecule has 0 fully saturated rings. The molecule has 31 heavy (non-hydrogen) atoms. The van der Waals surface area contributed by atoms with Crippen LogP contribution in [0.15, 0.2) is 53.4 Å². The van der Waals surface area contributed by atoms with Gasteiger partial charge in [0.15, 0.2) is 0 Å². The fraction of sp³-hybridized carbons (Fsp3) is 0.375. The van der Waals surface area contributed by atoms with Crippen LogP contribution in [-0.2, 0) is 23.7 Å². The molecule has 0 aliphatic heterocycles. The van der Waals surface area contributed by atoms with Crippen LogP contribution in [0.1, 0.15) is 36.4 Å². The van der Waals surface area contributed by atoms with E-state index in [1.54, 1.807) is 28.9 Å². The molecule has 2 aromatic carbocycles. The van der Waals surface area contributed by atoms with Crippen molar-refractivity contribution in [2.75, 3.05) is 10.8 Å². The Balaban J connectivity index is 1.85. The van der Waals surface area contributed by atoms with Crippen LogP contribution in [0.2, 0.25) is 0 Å². The van der Waals surface area contributed by atoms with E-state index in [9.17, 15) is 8.42 Å². The lowest BCUT2D eigenvalue weighted by Gasteiger charge is -2.28. The van der Waals surface area contributed by atoms with Crippen molar-refractivity contribution in [3.8, 4) is 5.75 Å². The lowest BCUT2D eigenvalue weighted by molar-refractivity contribution is 0.294. The third kappa shape index (κ3) is 5.28. The maximum atomic E-state index is 13.5. The van der Waals surface area contributed by atoms with Gasteiger partial charge in [0.25, 0.3) is 10.0 Å². The van der Waals surface area contributed by atoms with Gasteiger partial charge in [0.2, 0.25) is 0 Å². The Morgan fingerprint density at radius 1 is 1.03 bits per heavy atom. The third-order valence-electron chi connectivity index (χ3n) is 5.05. The molecule has 0 atom stereocenters. The number of sulfonamides is 1. The number of rotatable bonds is 8. The van der Waals surface area contributed by atoms with Crippen molar-refractivity contribution in [1.29, 1.82) is 0 Å². The molecular weight excluding hydrogens is 410 g/mol. The Bertz CT molecular complexity index is 1150. The first kappa shape index (κ1) is 22.9. The second-order valence-corrected chi connectivity index (χ2v) is 10.2. The number of aryl methyl sites for hydroxylation is 4. The Labute approximate surface area is 185 Å². The van der Waals surface area contributed by atoms with Gasteiger partial charge in [-0.15, -0.1) is 0 Å². The van der Waals surface area contributed by atoms with E-state index in [4.69, 9.17) is 4.74 Å². The highest BCUT2D eigenvalue weighted by Gasteiger charge is 2.27. The average Bonchev–Trinajstić information content (AvgIpc) is 3.02. The summed E-state index contributed by atoms with van der Waals surface area (Å²) in [5, 5.41) is 4.31. The van der Waals surface area contributed by atoms with Crippen molar-refractivity contribution in [2.24, 2.45) is 13.0 Å². The van der Waals surface area contributed by atoms with Crippen LogP contribution in [0.5, 0.6) is 5.75 Å². The number of aromatic nitrogens is 2. The molecule has 3 aromatic rings. The molecule has 0 aliphatic carbocycles. The molecule has 0 bridgehead atoms. The van der Waals surface area contributed by atoms with E-state index in [0.29, 0.717) is 24.6 Å². The Morgan fingerprint density at radius 2 is 1.71 bits per heavy atom. The quantitative estimate of drug-likeness (QED) is 0.505. The van der Waals surface area contributed by atoms with E-state index in [-0.39, 0.29) is 10.8 Å². The molecule has 0 unspecified atom stereocenters. The van der Waals surface area contributed by atoms with Crippen molar-refractivity contribution in [3.05, 3.63) is 71.0 Å². The van der Waals surface area contributed by atoms with Gasteiger partial charge in [-0.05, 0) is 68.7 Å². The van der Waals surface area contributed by atoms with E-state index in [2.05, 4.69) is 5.10 Å². The summed E-state index contributed by atoms with van der Waals surface area (Å²) in [4.78, 5) is 0.247. The van der Waals surface area contributed by atoms with Crippen molar-refractivity contribution in [3.63, 3.8) is 0 Å². The predicted octanol–water partition coefficient (Wildman–Crippen LogP) is 4.78. The summed E-state index contributed by atoms with van der Waals surface area (Å²) < 4.78 is 36.2. The van der Waals surface area contributed by atoms with Crippen LogP contribution in [0.3, 0.4) is 0 Å². The number of hydrogen-bond donors (Lipinski definition) is 0. The summed E-state index contributed by atoms with van der Waals surface area (Å²) in [5.41, 5.74) is 4.64. The molecule has 0 radical (unpaired) electrons. The Hall–Kier alpha value is -2.80. The fourth-order valence-electron chi connectivity index (χ4n) is 3.53. The van der Waals surface area contributed by atoms with E-state index in [1.807, 2.05) is 65.9 Å². The van der Waals surface area contributed by atoms with Crippen molar-refractivity contribution in [2.45, 2.75) is 46.1 Å². The summed E-state index contributed by atoms with van der Waals surface area (Å²) in [6.45, 7) is 10.7. The second kappa shape index (κ2) is 9.14. The molecule has 0 saturated heterocycles. The van der Waals surface area contributed by atoms with E-state index in [1.165, 1.54) is 4.31 Å². The predicted molar refractivity (Wildman–Crippen MR) is 124 cm³/mol. The van der Waals surface area contributed by atoms with Crippen molar-refractivity contribution < 1.29 is 13.2 Å². The first-order chi connectivity index (χ1) is 14.6. The first-order valence-corrected chi connectivity index (χ1v) is 11.8. The molecular formula is C24H31N3O3S. The molecule has 166 valence electrons. The zero-order chi connectivity index (χ0) is 22.8. The Kier molecular flexibility index (Phi) is 6.74. The summed E-state index contributed by atoms with van der Waals surface area (Å²) in [5.74, 6) is 0.792. The summed E-state index contributed by atoms with van der Waals surface area (Å²) in [7, 11) is -1.84. The molecule has 0 spiro atoms. The molecule has 7 heteroatoms. The molecule has 3 rings (SSSR count). The minimum Gasteiger partial charge on any atom is -0.487 e. The van der Waals surface area contributed by atoms with Gasteiger partial charge in [0.1, 0.15) is 12.4 Å². The fourth-order valence-corrected chi connectivity index (χ4v) is 5.23.